The number of hydrogen-bond donors (Lipinski definition) is 1. The van der Waals surface area contributed by atoms with Gasteiger partial charge in [0.1, 0.15) is 5.82 Å². The summed E-state index contributed by atoms with van der Waals surface area (Å²) in [7, 11) is 0. The lowest BCUT2D eigenvalue weighted by atomic mass is 9.94. The molecule has 1 aliphatic heterocycles. The zero-order valence-electron chi connectivity index (χ0n) is 15.7. The third kappa shape index (κ3) is 4.93. The van der Waals surface area contributed by atoms with Gasteiger partial charge in [-0.2, -0.15) is 13.2 Å². The van der Waals surface area contributed by atoms with Gasteiger partial charge in [0.05, 0.1) is 11.6 Å². The van der Waals surface area contributed by atoms with E-state index in [1.807, 2.05) is 0 Å². The summed E-state index contributed by atoms with van der Waals surface area (Å²) < 4.78 is 53.1. The second-order valence-electron chi connectivity index (χ2n) is 7.04. The van der Waals surface area contributed by atoms with Gasteiger partial charge >= 0.3 is 6.18 Å². The van der Waals surface area contributed by atoms with Crippen molar-refractivity contribution in [1.29, 1.82) is 0 Å². The summed E-state index contributed by atoms with van der Waals surface area (Å²) in [4.78, 5) is 26.0. The first-order valence-electron chi connectivity index (χ1n) is 9.21. The van der Waals surface area contributed by atoms with Gasteiger partial charge in [-0.1, -0.05) is 12.1 Å². The van der Waals surface area contributed by atoms with Crippen molar-refractivity contribution >= 4 is 17.5 Å². The molecule has 2 aromatic rings. The number of carbonyl (C=O) groups excluding carboxylic acids is 2. The molecule has 8 heteroatoms. The number of rotatable bonds is 3. The number of likely N-dealkylation sites (tertiary alicyclic amines) is 1. The highest BCUT2D eigenvalue weighted by molar-refractivity contribution is 5.97. The molecule has 1 unspecified atom stereocenters. The smallest absolute Gasteiger partial charge is 0.332 e. The number of halogens is 4. The molecule has 2 aromatic carbocycles. The second-order valence-corrected chi connectivity index (χ2v) is 7.04. The quantitative estimate of drug-likeness (QED) is 0.713. The first kappa shape index (κ1) is 20.8. The fourth-order valence-corrected chi connectivity index (χ4v) is 3.56. The molecule has 0 saturated carbocycles. The summed E-state index contributed by atoms with van der Waals surface area (Å²) in [6, 6.07) is 8.25. The lowest BCUT2D eigenvalue weighted by molar-refractivity contribution is -0.137. The van der Waals surface area contributed by atoms with E-state index >= 15 is 0 Å². The average molecular weight is 408 g/mol. The topological polar surface area (TPSA) is 49.4 Å². The Balaban J connectivity index is 1.98. The van der Waals surface area contributed by atoms with Gasteiger partial charge in [-0.25, -0.2) is 4.39 Å². The summed E-state index contributed by atoms with van der Waals surface area (Å²) in [5.74, 6) is -1.50. The Morgan fingerprint density at radius 1 is 1.07 bits per heavy atom. The minimum atomic E-state index is -4.66. The minimum absolute atomic E-state index is 0.0917. The van der Waals surface area contributed by atoms with E-state index in [-0.39, 0.29) is 17.3 Å². The van der Waals surface area contributed by atoms with Crippen LogP contribution in [0.2, 0.25) is 0 Å². The molecular weight excluding hydrogens is 388 g/mol. The van der Waals surface area contributed by atoms with E-state index in [1.54, 1.807) is 12.1 Å². The van der Waals surface area contributed by atoms with E-state index in [4.69, 9.17) is 0 Å². The van der Waals surface area contributed by atoms with Gasteiger partial charge in [-0.3, -0.25) is 9.59 Å². The average Bonchev–Trinajstić information content (AvgIpc) is 2.66. The van der Waals surface area contributed by atoms with Crippen LogP contribution in [0, 0.1) is 5.82 Å². The fraction of sp³-hybridized carbons (Fsp3) is 0.333. The molecular formula is C21H20F4N2O2. The second kappa shape index (κ2) is 8.23. The normalized spacial score (nSPS) is 17.1. The molecule has 3 rings (SSSR count). The molecule has 0 aliphatic carbocycles. The van der Waals surface area contributed by atoms with Crippen LogP contribution < -0.4 is 5.32 Å². The Bertz CT molecular complexity index is 910. The first-order chi connectivity index (χ1) is 13.6. The minimum Gasteiger partial charge on any atom is -0.332 e. The van der Waals surface area contributed by atoms with Crippen molar-refractivity contribution in [3.05, 3.63) is 65.0 Å². The Labute approximate surface area is 165 Å². The molecule has 1 N–H and O–H groups in total. The van der Waals surface area contributed by atoms with Crippen LogP contribution >= 0.6 is 0 Å². The van der Waals surface area contributed by atoms with E-state index in [2.05, 4.69) is 5.32 Å². The van der Waals surface area contributed by atoms with Gasteiger partial charge in [0, 0.05) is 24.7 Å². The van der Waals surface area contributed by atoms with E-state index in [9.17, 15) is 27.2 Å². The molecule has 0 bridgehead atoms. The maximum atomic E-state index is 13.3. The molecule has 1 fully saturated rings. The highest BCUT2D eigenvalue weighted by Gasteiger charge is 2.34. The number of alkyl halides is 3. The lowest BCUT2D eigenvalue weighted by Crippen LogP contribution is -2.38. The molecule has 0 radical (unpaired) electrons. The number of nitrogens with zero attached hydrogens (tertiary/aromatic N) is 1. The summed E-state index contributed by atoms with van der Waals surface area (Å²) in [5.41, 5.74) is -0.528. The molecule has 1 atom stereocenters. The molecule has 1 aliphatic rings. The predicted octanol–water partition coefficient (Wildman–Crippen LogP) is 5.17. The molecule has 4 nitrogen and oxygen atoms in total. The Hall–Kier alpha value is -2.90. The number of amides is 2. The van der Waals surface area contributed by atoms with Gasteiger partial charge < -0.3 is 10.2 Å². The highest BCUT2D eigenvalue weighted by Crippen LogP contribution is 2.35. The van der Waals surface area contributed by atoms with E-state index in [1.165, 1.54) is 30.0 Å². The van der Waals surface area contributed by atoms with Crippen LogP contribution in [0.5, 0.6) is 0 Å². The van der Waals surface area contributed by atoms with Crippen LogP contribution in [-0.4, -0.2) is 23.3 Å². The molecule has 154 valence electrons. The maximum Gasteiger partial charge on any atom is 0.416 e. The van der Waals surface area contributed by atoms with Gasteiger partial charge in [0.15, 0.2) is 0 Å². The van der Waals surface area contributed by atoms with Crippen molar-refractivity contribution in [2.24, 2.45) is 0 Å². The first-order valence-corrected chi connectivity index (χ1v) is 9.21. The van der Waals surface area contributed by atoms with Crippen molar-refractivity contribution in [2.75, 3.05) is 11.9 Å². The van der Waals surface area contributed by atoms with Gasteiger partial charge in [0.25, 0.3) is 5.91 Å². The Morgan fingerprint density at radius 2 is 1.76 bits per heavy atom. The van der Waals surface area contributed by atoms with Crippen LogP contribution in [0.25, 0.3) is 0 Å². The number of anilines is 1. The molecule has 2 amide bonds. The molecule has 0 aromatic heterocycles. The Morgan fingerprint density at radius 3 is 2.38 bits per heavy atom. The molecule has 29 heavy (non-hydrogen) atoms. The van der Waals surface area contributed by atoms with Crippen LogP contribution in [0.3, 0.4) is 0 Å². The van der Waals surface area contributed by atoms with E-state index < -0.39 is 29.4 Å². The van der Waals surface area contributed by atoms with Gasteiger partial charge in [-0.05, 0) is 55.2 Å². The summed E-state index contributed by atoms with van der Waals surface area (Å²) in [6.45, 7) is 1.56. The zero-order chi connectivity index (χ0) is 21.2. The van der Waals surface area contributed by atoms with Crippen molar-refractivity contribution in [3.63, 3.8) is 0 Å². The number of benzene rings is 2. The van der Waals surface area contributed by atoms with Crippen molar-refractivity contribution in [3.8, 4) is 0 Å². The summed E-state index contributed by atoms with van der Waals surface area (Å²) >= 11 is 0. The summed E-state index contributed by atoms with van der Waals surface area (Å²) in [5, 5.41) is 2.31. The molecule has 1 heterocycles. The number of hydrogen-bond acceptors (Lipinski definition) is 2. The van der Waals surface area contributed by atoms with Gasteiger partial charge in [0.2, 0.25) is 5.91 Å². The zero-order valence-corrected chi connectivity index (χ0v) is 15.7. The number of nitrogens with one attached hydrogen (secondary N) is 1. The highest BCUT2D eigenvalue weighted by atomic mass is 19.4. The van der Waals surface area contributed by atoms with E-state index in [0.29, 0.717) is 13.0 Å². The Kier molecular flexibility index (Phi) is 5.91. The largest absolute Gasteiger partial charge is 0.416 e. The fourth-order valence-electron chi connectivity index (χ4n) is 3.56. The number of piperidine rings is 1. The van der Waals surface area contributed by atoms with Crippen molar-refractivity contribution in [1.82, 2.24) is 4.90 Å². The SMILES string of the molecule is CC(=O)Nc1cc(C(=O)N2CCCCC2c2ccc(F)cc2)cc(C(F)(F)F)c1. The maximum absolute atomic E-state index is 13.3. The third-order valence-corrected chi connectivity index (χ3v) is 4.85. The predicted molar refractivity (Wildman–Crippen MR) is 99.8 cm³/mol. The third-order valence-electron chi connectivity index (χ3n) is 4.85. The lowest BCUT2D eigenvalue weighted by Gasteiger charge is -2.36. The van der Waals surface area contributed by atoms with E-state index in [0.717, 1.165) is 30.5 Å². The summed E-state index contributed by atoms with van der Waals surface area (Å²) in [6.07, 6.45) is -2.46. The standard InChI is InChI=1S/C21H20F4N2O2/c1-13(28)26-18-11-15(10-16(12-18)21(23,24)25)20(29)27-9-3-2-4-19(27)14-5-7-17(22)8-6-14/h5-8,10-12,19H,2-4,9H2,1H3,(H,26,28). The molecule has 1 saturated heterocycles. The number of carbonyl (C=O) groups is 2. The van der Waals surface area contributed by atoms with Crippen molar-refractivity contribution in [2.45, 2.75) is 38.4 Å². The van der Waals surface area contributed by atoms with Crippen LogP contribution in [-0.2, 0) is 11.0 Å². The van der Waals surface area contributed by atoms with Crippen molar-refractivity contribution < 1.29 is 27.2 Å². The van der Waals surface area contributed by atoms with Crippen LogP contribution in [0.4, 0.5) is 23.2 Å². The van der Waals surface area contributed by atoms with Crippen LogP contribution in [0.15, 0.2) is 42.5 Å². The monoisotopic (exact) mass is 408 g/mol. The van der Waals surface area contributed by atoms with Crippen LogP contribution in [0.1, 0.15) is 53.7 Å². The van der Waals surface area contributed by atoms with Gasteiger partial charge in [-0.15, -0.1) is 0 Å². The molecule has 0 spiro atoms.